The number of halogens is 3. The first-order valence-corrected chi connectivity index (χ1v) is 9.32. The van der Waals surface area contributed by atoms with Crippen molar-refractivity contribution in [2.24, 2.45) is 0 Å². The number of rotatable bonds is 4. The summed E-state index contributed by atoms with van der Waals surface area (Å²) in [6, 6.07) is 6.64. The van der Waals surface area contributed by atoms with Crippen molar-refractivity contribution >= 4 is 16.5 Å². The molecule has 1 aliphatic rings. The van der Waals surface area contributed by atoms with E-state index in [4.69, 9.17) is 0 Å². The van der Waals surface area contributed by atoms with Gasteiger partial charge in [-0.15, -0.1) is 11.3 Å². The van der Waals surface area contributed by atoms with E-state index in [-0.39, 0.29) is 6.42 Å². The Balaban J connectivity index is 1.75. The first-order chi connectivity index (χ1) is 11.9. The fourth-order valence-corrected chi connectivity index (χ4v) is 3.97. The summed E-state index contributed by atoms with van der Waals surface area (Å²) in [5.41, 5.74) is 2.00. The number of likely N-dealkylation sites (N-methyl/N-ethyl adjacent to an activating group) is 1. The Kier molecular flexibility index (Phi) is 5.34. The summed E-state index contributed by atoms with van der Waals surface area (Å²) in [5, 5.41) is 2.96. The largest absolute Gasteiger partial charge is 0.395 e. The molecule has 0 amide bonds. The van der Waals surface area contributed by atoms with Gasteiger partial charge < -0.3 is 9.80 Å². The van der Waals surface area contributed by atoms with Crippen molar-refractivity contribution in [3.8, 4) is 11.3 Å². The predicted octanol–water partition coefficient (Wildman–Crippen LogP) is 4.62. The molecule has 0 aliphatic carbocycles. The van der Waals surface area contributed by atoms with Crippen LogP contribution in [-0.2, 0) is 0 Å². The monoisotopic (exact) mass is 369 g/mol. The molecule has 0 N–H and O–H groups in total. The molecule has 1 aliphatic heterocycles. The number of hydrogen-bond donors (Lipinski definition) is 0. The van der Waals surface area contributed by atoms with Crippen LogP contribution in [0.15, 0.2) is 29.6 Å². The van der Waals surface area contributed by atoms with Gasteiger partial charge in [-0.2, -0.15) is 13.2 Å². The van der Waals surface area contributed by atoms with E-state index < -0.39 is 12.1 Å². The fraction of sp³-hybridized carbons (Fsp3) is 0.500. The molecule has 25 heavy (non-hydrogen) atoms. The van der Waals surface area contributed by atoms with Crippen LogP contribution in [0.3, 0.4) is 0 Å². The zero-order valence-corrected chi connectivity index (χ0v) is 15.2. The first kappa shape index (κ1) is 18.2. The minimum absolute atomic E-state index is 0.0487. The molecule has 0 radical (unpaired) electrons. The molecule has 3 nitrogen and oxygen atoms in total. The minimum atomic E-state index is -4.20. The summed E-state index contributed by atoms with van der Waals surface area (Å²) in [6.45, 7) is 5.49. The van der Waals surface area contributed by atoms with Crippen LogP contribution in [-0.4, -0.2) is 49.3 Å². The molecule has 1 fully saturated rings. The number of alkyl halides is 3. The van der Waals surface area contributed by atoms with Crippen molar-refractivity contribution in [3.05, 3.63) is 35.2 Å². The van der Waals surface area contributed by atoms with E-state index in [0.717, 1.165) is 42.6 Å². The summed E-state index contributed by atoms with van der Waals surface area (Å²) in [4.78, 5) is 9.23. The summed E-state index contributed by atoms with van der Waals surface area (Å²) >= 11 is 1.59. The zero-order valence-electron chi connectivity index (χ0n) is 14.4. The van der Waals surface area contributed by atoms with E-state index in [1.54, 1.807) is 42.5 Å². The Morgan fingerprint density at radius 3 is 2.32 bits per heavy atom. The lowest BCUT2D eigenvalue weighted by atomic mass is 9.95. The van der Waals surface area contributed by atoms with Gasteiger partial charge in [-0.25, -0.2) is 4.98 Å². The van der Waals surface area contributed by atoms with Gasteiger partial charge in [0.1, 0.15) is 0 Å². The summed E-state index contributed by atoms with van der Waals surface area (Å²) in [6.07, 6.45) is -4.15. The molecule has 2 heterocycles. The fourth-order valence-electron chi connectivity index (χ4n) is 3.08. The Labute approximate surface area is 150 Å². The second kappa shape index (κ2) is 7.33. The summed E-state index contributed by atoms with van der Waals surface area (Å²) in [5.74, 6) is -1.40. The molecule has 0 saturated carbocycles. The Morgan fingerprint density at radius 1 is 1.12 bits per heavy atom. The van der Waals surface area contributed by atoms with Crippen LogP contribution < -0.4 is 4.90 Å². The van der Waals surface area contributed by atoms with Gasteiger partial charge in [0.25, 0.3) is 0 Å². The number of aromatic nitrogens is 1. The van der Waals surface area contributed by atoms with E-state index in [2.05, 4.69) is 21.8 Å². The number of piperazine rings is 1. The van der Waals surface area contributed by atoms with E-state index in [0.29, 0.717) is 5.56 Å². The SMILES string of the molecule is CCC(c1ccc(-c2csc(N3CCN(C)CC3)n2)cc1)C(F)(F)F. The maximum atomic E-state index is 13.0. The lowest BCUT2D eigenvalue weighted by Crippen LogP contribution is -2.44. The van der Waals surface area contributed by atoms with Gasteiger partial charge in [-0.3, -0.25) is 0 Å². The Bertz CT molecular complexity index is 688. The van der Waals surface area contributed by atoms with E-state index in [9.17, 15) is 13.2 Å². The molecule has 1 aromatic heterocycles. The van der Waals surface area contributed by atoms with Crippen molar-refractivity contribution in [3.63, 3.8) is 0 Å². The molecule has 0 spiro atoms. The average Bonchev–Trinajstić information content (AvgIpc) is 3.05. The third kappa shape index (κ3) is 4.15. The van der Waals surface area contributed by atoms with Gasteiger partial charge >= 0.3 is 6.18 Å². The predicted molar refractivity (Wildman–Crippen MR) is 96.3 cm³/mol. The highest BCUT2D eigenvalue weighted by molar-refractivity contribution is 7.14. The molecule has 2 aromatic rings. The normalized spacial score (nSPS) is 17.7. The van der Waals surface area contributed by atoms with Crippen molar-refractivity contribution in [1.82, 2.24) is 9.88 Å². The average molecular weight is 369 g/mol. The van der Waals surface area contributed by atoms with Gasteiger partial charge in [0, 0.05) is 37.1 Å². The quantitative estimate of drug-likeness (QED) is 0.784. The van der Waals surface area contributed by atoms with Crippen LogP contribution in [0.25, 0.3) is 11.3 Å². The van der Waals surface area contributed by atoms with Gasteiger partial charge in [0.15, 0.2) is 5.13 Å². The van der Waals surface area contributed by atoms with Gasteiger partial charge in [0.2, 0.25) is 0 Å². The molecule has 3 rings (SSSR count). The number of benzene rings is 1. The molecule has 136 valence electrons. The highest BCUT2D eigenvalue weighted by atomic mass is 32.1. The van der Waals surface area contributed by atoms with Crippen molar-refractivity contribution < 1.29 is 13.2 Å². The van der Waals surface area contributed by atoms with Gasteiger partial charge in [-0.05, 0) is 19.0 Å². The molecule has 1 atom stereocenters. The van der Waals surface area contributed by atoms with Crippen LogP contribution in [0, 0.1) is 0 Å². The lowest BCUT2D eigenvalue weighted by Gasteiger charge is -2.32. The number of nitrogens with zero attached hydrogens (tertiary/aromatic N) is 3. The molecule has 1 saturated heterocycles. The molecular weight excluding hydrogens is 347 g/mol. The topological polar surface area (TPSA) is 19.4 Å². The minimum Gasteiger partial charge on any atom is -0.346 e. The standard InChI is InChI=1S/C18H22F3N3S/c1-3-15(18(19,20)21)13-4-6-14(7-5-13)16-12-25-17(22-16)24-10-8-23(2)9-11-24/h4-7,12,15H,3,8-11H2,1-2H3. The Hall–Kier alpha value is -1.60. The van der Waals surface area contributed by atoms with Gasteiger partial charge in [0.05, 0.1) is 11.6 Å². The van der Waals surface area contributed by atoms with Crippen LogP contribution in [0.2, 0.25) is 0 Å². The van der Waals surface area contributed by atoms with Crippen molar-refractivity contribution in [1.29, 1.82) is 0 Å². The van der Waals surface area contributed by atoms with E-state index in [1.165, 1.54) is 0 Å². The maximum Gasteiger partial charge on any atom is 0.395 e. The smallest absolute Gasteiger partial charge is 0.346 e. The number of thiazole rings is 1. The number of anilines is 1. The number of hydrogen-bond acceptors (Lipinski definition) is 4. The molecular formula is C18H22F3N3S. The van der Waals surface area contributed by atoms with Crippen LogP contribution in [0.1, 0.15) is 24.8 Å². The summed E-state index contributed by atoms with van der Waals surface area (Å²) < 4.78 is 39.1. The van der Waals surface area contributed by atoms with Gasteiger partial charge in [-0.1, -0.05) is 31.2 Å². The van der Waals surface area contributed by atoms with Crippen molar-refractivity contribution in [2.75, 3.05) is 38.1 Å². The third-order valence-corrected chi connectivity index (χ3v) is 5.58. The maximum absolute atomic E-state index is 13.0. The summed E-state index contributed by atoms with van der Waals surface area (Å²) in [7, 11) is 2.11. The third-order valence-electron chi connectivity index (χ3n) is 4.68. The molecule has 1 aromatic carbocycles. The highest BCUT2D eigenvalue weighted by Gasteiger charge is 2.39. The van der Waals surface area contributed by atoms with Crippen LogP contribution >= 0.6 is 11.3 Å². The van der Waals surface area contributed by atoms with Crippen LogP contribution in [0.4, 0.5) is 18.3 Å². The lowest BCUT2D eigenvalue weighted by molar-refractivity contribution is -0.151. The zero-order chi connectivity index (χ0) is 18.0. The first-order valence-electron chi connectivity index (χ1n) is 8.44. The molecule has 0 bridgehead atoms. The van der Waals surface area contributed by atoms with Crippen molar-refractivity contribution in [2.45, 2.75) is 25.4 Å². The molecule has 1 unspecified atom stereocenters. The van der Waals surface area contributed by atoms with E-state index in [1.807, 2.05) is 5.38 Å². The highest BCUT2D eigenvalue weighted by Crippen LogP contribution is 2.38. The Morgan fingerprint density at radius 2 is 1.76 bits per heavy atom. The van der Waals surface area contributed by atoms with Crippen LogP contribution in [0.5, 0.6) is 0 Å². The second-order valence-electron chi connectivity index (χ2n) is 6.43. The van der Waals surface area contributed by atoms with E-state index >= 15 is 0 Å². The molecule has 7 heteroatoms. The second-order valence-corrected chi connectivity index (χ2v) is 7.27.